The van der Waals surface area contributed by atoms with E-state index in [9.17, 15) is 19.6 Å². The Labute approximate surface area is 175 Å². The van der Waals surface area contributed by atoms with E-state index < -0.39 is 12.0 Å². The summed E-state index contributed by atoms with van der Waals surface area (Å²) in [5.41, 5.74) is 0.0267. The predicted molar refractivity (Wildman–Crippen MR) is 106 cm³/mol. The van der Waals surface area contributed by atoms with Gasteiger partial charge in [0.1, 0.15) is 11.8 Å². The lowest BCUT2D eigenvalue weighted by Crippen LogP contribution is -2.48. The van der Waals surface area contributed by atoms with Crippen LogP contribution in [0.4, 0.5) is 5.82 Å². The molecule has 9 nitrogen and oxygen atoms in total. The Kier molecular flexibility index (Phi) is 5.81. The number of nitrogens with one attached hydrogen (secondary N) is 1. The molecule has 1 saturated heterocycles. The van der Waals surface area contributed by atoms with Crippen molar-refractivity contribution in [1.29, 1.82) is 0 Å². The number of likely N-dealkylation sites (tertiary alicyclic amines) is 1. The molecule has 1 unspecified atom stereocenters. The number of rotatable bonds is 8. The summed E-state index contributed by atoms with van der Waals surface area (Å²) in [6, 6.07) is 1.06. The molecule has 2 saturated carbocycles. The molecule has 9 heteroatoms. The van der Waals surface area contributed by atoms with Crippen LogP contribution in [0, 0.1) is 24.2 Å². The van der Waals surface area contributed by atoms with Crippen LogP contribution >= 0.6 is 0 Å². The SMILES string of the molecule is Cc1cc(NC(=O)[C@@H]2CC3(CC3)CN2C(=O)C(CC2CCCC2)CN(O)C=O)no1. The zero-order chi connectivity index (χ0) is 21.3. The molecule has 2 aliphatic carbocycles. The molecule has 3 aliphatic rings. The van der Waals surface area contributed by atoms with Gasteiger partial charge in [0.15, 0.2) is 5.82 Å². The summed E-state index contributed by atoms with van der Waals surface area (Å²) >= 11 is 0. The minimum Gasteiger partial charge on any atom is -0.360 e. The summed E-state index contributed by atoms with van der Waals surface area (Å²) in [5.74, 6) is 0.423. The summed E-state index contributed by atoms with van der Waals surface area (Å²) < 4.78 is 5.01. The molecule has 3 fully saturated rings. The first-order valence-electron chi connectivity index (χ1n) is 10.8. The van der Waals surface area contributed by atoms with Gasteiger partial charge in [0, 0.05) is 12.6 Å². The highest BCUT2D eigenvalue weighted by Crippen LogP contribution is 2.55. The smallest absolute Gasteiger partial charge is 0.248 e. The summed E-state index contributed by atoms with van der Waals surface area (Å²) in [6.07, 6.45) is 8.05. The van der Waals surface area contributed by atoms with Crippen molar-refractivity contribution in [3.63, 3.8) is 0 Å². The lowest BCUT2D eigenvalue weighted by Gasteiger charge is -2.30. The second-order valence-electron chi connectivity index (χ2n) is 9.31. The van der Waals surface area contributed by atoms with E-state index in [1.165, 1.54) is 0 Å². The van der Waals surface area contributed by atoms with Crippen LogP contribution < -0.4 is 5.32 Å². The molecule has 1 aliphatic heterocycles. The number of hydrogen-bond donors (Lipinski definition) is 2. The molecular weight excluding hydrogens is 388 g/mol. The van der Waals surface area contributed by atoms with Crippen LogP contribution in [0.25, 0.3) is 0 Å². The van der Waals surface area contributed by atoms with Gasteiger partial charge < -0.3 is 14.7 Å². The van der Waals surface area contributed by atoms with Gasteiger partial charge in [0.05, 0.1) is 12.5 Å². The minimum absolute atomic E-state index is 0.0267. The van der Waals surface area contributed by atoms with Crippen molar-refractivity contribution >= 4 is 24.0 Å². The first-order chi connectivity index (χ1) is 14.4. The monoisotopic (exact) mass is 418 g/mol. The molecule has 0 radical (unpaired) electrons. The fraction of sp³-hybridized carbons (Fsp3) is 0.714. The van der Waals surface area contributed by atoms with Crippen molar-refractivity contribution in [3.8, 4) is 0 Å². The van der Waals surface area contributed by atoms with E-state index in [1.807, 2.05) is 0 Å². The van der Waals surface area contributed by atoms with Gasteiger partial charge in [-0.05, 0) is 43.9 Å². The number of carbonyl (C=O) groups is 3. The molecule has 1 aromatic rings. The van der Waals surface area contributed by atoms with Crippen molar-refractivity contribution in [1.82, 2.24) is 15.1 Å². The third-order valence-electron chi connectivity index (χ3n) is 6.90. The number of carbonyl (C=O) groups excluding carboxylic acids is 3. The van der Waals surface area contributed by atoms with Crippen molar-refractivity contribution < 1.29 is 24.1 Å². The van der Waals surface area contributed by atoms with E-state index in [-0.39, 0.29) is 23.8 Å². The maximum Gasteiger partial charge on any atom is 0.248 e. The first kappa shape index (κ1) is 20.8. The molecule has 4 rings (SSSR count). The Balaban J connectivity index is 1.50. The Bertz CT molecular complexity index is 799. The summed E-state index contributed by atoms with van der Waals surface area (Å²) in [5, 5.41) is 16.9. The zero-order valence-electron chi connectivity index (χ0n) is 17.4. The van der Waals surface area contributed by atoms with Crippen molar-refractivity contribution in [2.75, 3.05) is 18.4 Å². The Hall–Kier alpha value is -2.42. The average Bonchev–Trinajstić information content (AvgIpc) is 3.08. The maximum absolute atomic E-state index is 13.5. The van der Waals surface area contributed by atoms with E-state index in [0.717, 1.165) is 38.5 Å². The molecule has 2 heterocycles. The normalized spacial score (nSPS) is 23.5. The van der Waals surface area contributed by atoms with Crippen LogP contribution in [-0.4, -0.2) is 57.7 Å². The zero-order valence-corrected chi connectivity index (χ0v) is 17.4. The molecule has 2 atom stereocenters. The van der Waals surface area contributed by atoms with Crippen LogP contribution in [0.2, 0.25) is 0 Å². The molecule has 0 bridgehead atoms. The number of hydrogen-bond acceptors (Lipinski definition) is 6. The first-order valence-corrected chi connectivity index (χ1v) is 10.8. The number of aromatic nitrogens is 1. The number of anilines is 1. The van der Waals surface area contributed by atoms with Crippen LogP contribution in [0.15, 0.2) is 10.6 Å². The standard InChI is InChI=1S/C21H30N4O5/c1-14-8-18(23-30-14)22-19(27)17-10-21(6-7-21)12-25(17)20(28)16(11-24(29)13-26)9-15-4-2-3-5-15/h8,13,15-17,29H,2-7,9-12H2,1H3,(H,22,23,27)/t16?,17-/m0/s1. The predicted octanol–water partition coefficient (Wildman–Crippen LogP) is 2.35. The molecule has 0 aromatic carbocycles. The molecule has 30 heavy (non-hydrogen) atoms. The second kappa shape index (κ2) is 8.37. The summed E-state index contributed by atoms with van der Waals surface area (Å²) in [7, 11) is 0. The van der Waals surface area contributed by atoms with Crippen LogP contribution in [0.3, 0.4) is 0 Å². The lowest BCUT2D eigenvalue weighted by molar-refractivity contribution is -0.158. The number of nitrogens with zero attached hydrogens (tertiary/aromatic N) is 3. The largest absolute Gasteiger partial charge is 0.360 e. The summed E-state index contributed by atoms with van der Waals surface area (Å²) in [4.78, 5) is 39.2. The van der Waals surface area contributed by atoms with Gasteiger partial charge in [0.2, 0.25) is 18.2 Å². The Morgan fingerprint density at radius 1 is 1.43 bits per heavy atom. The topological polar surface area (TPSA) is 116 Å². The third kappa shape index (κ3) is 4.50. The number of amides is 3. The summed E-state index contributed by atoms with van der Waals surface area (Å²) in [6.45, 7) is 2.25. The fourth-order valence-corrected chi connectivity index (χ4v) is 5.10. The van der Waals surface area contributed by atoms with E-state index in [0.29, 0.717) is 48.4 Å². The van der Waals surface area contributed by atoms with Gasteiger partial charge in [0.25, 0.3) is 0 Å². The van der Waals surface area contributed by atoms with Crippen LogP contribution in [0.1, 0.15) is 57.1 Å². The van der Waals surface area contributed by atoms with Crippen molar-refractivity contribution in [2.24, 2.45) is 17.3 Å². The van der Waals surface area contributed by atoms with E-state index >= 15 is 0 Å². The molecular formula is C21H30N4O5. The van der Waals surface area contributed by atoms with Gasteiger partial charge in [-0.1, -0.05) is 30.8 Å². The van der Waals surface area contributed by atoms with E-state index in [4.69, 9.17) is 4.52 Å². The number of aryl methyl sites for hydroxylation is 1. The maximum atomic E-state index is 13.5. The molecule has 164 valence electrons. The highest BCUT2D eigenvalue weighted by atomic mass is 16.5. The molecule has 1 aromatic heterocycles. The highest BCUT2D eigenvalue weighted by Gasteiger charge is 2.55. The van der Waals surface area contributed by atoms with Gasteiger partial charge in [-0.2, -0.15) is 0 Å². The average molecular weight is 418 g/mol. The number of hydroxylamine groups is 2. The van der Waals surface area contributed by atoms with Crippen LogP contribution in [-0.2, 0) is 14.4 Å². The van der Waals surface area contributed by atoms with Crippen molar-refractivity contribution in [3.05, 3.63) is 11.8 Å². The molecule has 3 amide bonds. The van der Waals surface area contributed by atoms with E-state index in [1.54, 1.807) is 17.9 Å². The van der Waals surface area contributed by atoms with E-state index in [2.05, 4.69) is 10.5 Å². The minimum atomic E-state index is -0.577. The molecule has 2 N–H and O–H groups in total. The third-order valence-corrected chi connectivity index (χ3v) is 6.90. The Morgan fingerprint density at radius 3 is 2.77 bits per heavy atom. The Morgan fingerprint density at radius 2 is 2.17 bits per heavy atom. The van der Waals surface area contributed by atoms with Gasteiger partial charge in [-0.25, -0.2) is 5.06 Å². The van der Waals surface area contributed by atoms with Gasteiger partial charge in [-0.15, -0.1) is 0 Å². The fourth-order valence-electron chi connectivity index (χ4n) is 5.10. The highest BCUT2D eigenvalue weighted by molar-refractivity contribution is 5.97. The molecule has 1 spiro atoms. The lowest BCUT2D eigenvalue weighted by atomic mass is 9.91. The quantitative estimate of drug-likeness (QED) is 0.380. The van der Waals surface area contributed by atoms with Gasteiger partial charge in [-0.3, -0.25) is 19.6 Å². The van der Waals surface area contributed by atoms with Crippen LogP contribution in [0.5, 0.6) is 0 Å². The van der Waals surface area contributed by atoms with Gasteiger partial charge >= 0.3 is 0 Å². The van der Waals surface area contributed by atoms with Crippen molar-refractivity contribution in [2.45, 2.75) is 64.3 Å². The second-order valence-corrected chi connectivity index (χ2v) is 9.31.